The Balaban J connectivity index is 0.000000941. The number of hydrogen-bond acceptors (Lipinski definition) is 3. The van der Waals surface area contributed by atoms with Gasteiger partial charge in [0, 0.05) is 12.5 Å². The second-order valence-corrected chi connectivity index (χ2v) is 6.81. The van der Waals surface area contributed by atoms with Crippen molar-refractivity contribution in [1.82, 2.24) is 9.55 Å². The summed E-state index contributed by atoms with van der Waals surface area (Å²) in [7, 11) is 0. The lowest BCUT2D eigenvalue weighted by Crippen LogP contribution is -2.33. The van der Waals surface area contributed by atoms with Gasteiger partial charge in [0.25, 0.3) is 5.56 Å². The molecule has 0 aliphatic carbocycles. The zero-order chi connectivity index (χ0) is 21.2. The maximum atomic E-state index is 13.5. The van der Waals surface area contributed by atoms with Crippen LogP contribution in [0.25, 0.3) is 0 Å². The first-order chi connectivity index (χ1) is 14.1. The summed E-state index contributed by atoms with van der Waals surface area (Å²) in [5.74, 6) is 0.768. The van der Waals surface area contributed by atoms with Crippen molar-refractivity contribution in [3.05, 3.63) is 99.2 Å². The summed E-state index contributed by atoms with van der Waals surface area (Å²) >= 11 is 0. The molecule has 29 heavy (non-hydrogen) atoms. The fourth-order valence-corrected chi connectivity index (χ4v) is 3.59. The van der Waals surface area contributed by atoms with Crippen LogP contribution in [-0.4, -0.2) is 9.55 Å². The molecule has 2 aromatic carbocycles. The molecule has 3 aromatic rings. The van der Waals surface area contributed by atoms with Crippen molar-refractivity contribution >= 4 is 0 Å². The molecule has 0 N–H and O–H groups in total. The fraction of sp³-hybridized carbons (Fsp3) is 0.320. The first-order valence-corrected chi connectivity index (χ1v) is 10.1. The molecular weight excluding hydrogens is 358 g/mol. The molecule has 0 bridgehead atoms. The predicted molar refractivity (Wildman–Crippen MR) is 118 cm³/mol. The number of rotatable bonds is 6. The van der Waals surface area contributed by atoms with E-state index >= 15 is 0 Å². The van der Waals surface area contributed by atoms with E-state index in [1.54, 1.807) is 6.07 Å². The minimum absolute atomic E-state index is 0.0916. The summed E-state index contributed by atoms with van der Waals surface area (Å²) in [6.45, 7) is 7.54. The number of aryl methyl sites for hydroxylation is 2. The molecule has 0 spiro atoms. The molecular formula is C25H29N3O. The maximum Gasteiger partial charge on any atom is 0.257 e. The molecule has 0 amide bonds. The molecule has 0 radical (unpaired) electrons. The van der Waals surface area contributed by atoms with Crippen molar-refractivity contribution in [3.63, 3.8) is 0 Å². The SMILES string of the molecule is CC#N.CCCc1c(CC)nc(C)n(C(c2ccccc2)c2ccccc2)c1=O. The van der Waals surface area contributed by atoms with Gasteiger partial charge in [-0.25, -0.2) is 4.98 Å². The molecule has 0 fully saturated rings. The molecule has 4 heteroatoms. The van der Waals surface area contributed by atoms with E-state index in [1.807, 2.05) is 47.9 Å². The molecule has 1 aromatic heterocycles. The summed E-state index contributed by atoms with van der Waals surface area (Å²) in [6, 6.07) is 22.0. The molecule has 0 saturated carbocycles. The highest BCUT2D eigenvalue weighted by Gasteiger charge is 2.22. The van der Waals surface area contributed by atoms with Gasteiger partial charge in [-0.3, -0.25) is 9.36 Å². The highest BCUT2D eigenvalue weighted by atomic mass is 16.1. The summed E-state index contributed by atoms with van der Waals surface area (Å²) in [5, 5.41) is 7.32. The van der Waals surface area contributed by atoms with Crippen molar-refractivity contribution in [2.75, 3.05) is 0 Å². The van der Waals surface area contributed by atoms with Crippen LogP contribution in [-0.2, 0) is 12.8 Å². The van der Waals surface area contributed by atoms with Gasteiger partial charge >= 0.3 is 0 Å². The standard InChI is InChI=1S/C23H26N2O.C2H3N/c1-4-12-20-21(5-2)24-17(3)25(23(20)26)22(18-13-8-6-9-14-18)19-15-10-7-11-16-19;1-2-3/h6-11,13-16,22H,4-5,12H2,1-3H3;1H3. The van der Waals surface area contributed by atoms with Gasteiger partial charge in [0.1, 0.15) is 5.82 Å². The third-order valence-corrected chi connectivity index (χ3v) is 4.79. The topological polar surface area (TPSA) is 58.7 Å². The largest absolute Gasteiger partial charge is 0.285 e. The van der Waals surface area contributed by atoms with Gasteiger partial charge in [-0.15, -0.1) is 0 Å². The van der Waals surface area contributed by atoms with E-state index in [1.165, 1.54) is 6.92 Å². The van der Waals surface area contributed by atoms with Crippen LogP contribution in [0.1, 0.15) is 61.4 Å². The van der Waals surface area contributed by atoms with E-state index in [0.29, 0.717) is 0 Å². The molecule has 0 unspecified atom stereocenters. The van der Waals surface area contributed by atoms with Gasteiger partial charge in [-0.1, -0.05) is 80.9 Å². The van der Waals surface area contributed by atoms with E-state index in [0.717, 1.165) is 47.5 Å². The van der Waals surface area contributed by atoms with Gasteiger partial charge in [0.05, 0.1) is 17.8 Å². The maximum absolute atomic E-state index is 13.5. The van der Waals surface area contributed by atoms with E-state index in [9.17, 15) is 4.79 Å². The van der Waals surface area contributed by atoms with E-state index in [-0.39, 0.29) is 11.6 Å². The van der Waals surface area contributed by atoms with E-state index in [4.69, 9.17) is 10.2 Å². The number of nitrogens with zero attached hydrogens (tertiary/aromatic N) is 3. The van der Waals surface area contributed by atoms with Crippen LogP contribution >= 0.6 is 0 Å². The van der Waals surface area contributed by atoms with Crippen LogP contribution in [0, 0.1) is 18.3 Å². The van der Waals surface area contributed by atoms with Crippen molar-refractivity contribution in [3.8, 4) is 6.07 Å². The quantitative estimate of drug-likeness (QED) is 0.581. The lowest BCUT2D eigenvalue weighted by atomic mass is 9.97. The Morgan fingerprint density at radius 3 is 1.90 bits per heavy atom. The Kier molecular flexibility index (Phi) is 8.36. The summed E-state index contributed by atoms with van der Waals surface area (Å²) < 4.78 is 1.87. The lowest BCUT2D eigenvalue weighted by molar-refractivity contribution is 0.594. The average Bonchev–Trinajstić information content (AvgIpc) is 2.75. The molecule has 0 saturated heterocycles. The van der Waals surface area contributed by atoms with Crippen LogP contribution < -0.4 is 5.56 Å². The van der Waals surface area contributed by atoms with Crippen LogP contribution in [0.3, 0.4) is 0 Å². The number of nitriles is 1. The number of benzene rings is 2. The first-order valence-electron chi connectivity index (χ1n) is 10.1. The molecule has 3 rings (SSSR count). The smallest absolute Gasteiger partial charge is 0.257 e. The average molecular weight is 388 g/mol. The second-order valence-electron chi connectivity index (χ2n) is 6.81. The zero-order valence-electron chi connectivity index (χ0n) is 17.7. The van der Waals surface area contributed by atoms with Crippen molar-refractivity contribution in [2.24, 2.45) is 0 Å². The van der Waals surface area contributed by atoms with Crippen LogP contribution in [0.2, 0.25) is 0 Å². The van der Waals surface area contributed by atoms with Gasteiger partial charge in [-0.2, -0.15) is 5.26 Å². The van der Waals surface area contributed by atoms with Crippen molar-refractivity contribution < 1.29 is 0 Å². The summed E-state index contributed by atoms with van der Waals surface area (Å²) in [6.07, 6.45) is 2.49. The van der Waals surface area contributed by atoms with Crippen molar-refractivity contribution in [2.45, 2.75) is 53.0 Å². The van der Waals surface area contributed by atoms with Gasteiger partial charge < -0.3 is 0 Å². The van der Waals surface area contributed by atoms with Crippen LogP contribution in [0.15, 0.2) is 65.5 Å². The molecule has 0 aliphatic heterocycles. The Hall–Kier alpha value is -3.19. The Morgan fingerprint density at radius 2 is 1.48 bits per heavy atom. The fourth-order valence-electron chi connectivity index (χ4n) is 3.59. The van der Waals surface area contributed by atoms with Crippen molar-refractivity contribution in [1.29, 1.82) is 5.26 Å². The minimum atomic E-state index is -0.168. The zero-order valence-corrected chi connectivity index (χ0v) is 17.7. The number of aromatic nitrogens is 2. The first kappa shape index (κ1) is 22.1. The van der Waals surface area contributed by atoms with E-state index < -0.39 is 0 Å². The van der Waals surface area contributed by atoms with Crippen LogP contribution in [0.5, 0.6) is 0 Å². The molecule has 4 nitrogen and oxygen atoms in total. The third kappa shape index (κ3) is 5.20. The highest BCUT2D eigenvalue weighted by molar-refractivity contribution is 5.34. The molecule has 0 atom stereocenters. The lowest BCUT2D eigenvalue weighted by Gasteiger charge is -2.24. The van der Waals surface area contributed by atoms with Gasteiger partial charge in [-0.05, 0) is 30.9 Å². The molecule has 150 valence electrons. The van der Waals surface area contributed by atoms with Gasteiger partial charge in [0.15, 0.2) is 0 Å². The Bertz CT molecular complexity index is 962. The Morgan fingerprint density at radius 1 is 1.00 bits per heavy atom. The summed E-state index contributed by atoms with van der Waals surface area (Å²) in [5.41, 5.74) is 4.08. The molecule has 1 heterocycles. The predicted octanol–water partition coefficient (Wildman–Crippen LogP) is 5.23. The third-order valence-electron chi connectivity index (χ3n) is 4.79. The molecule has 0 aliphatic rings. The summed E-state index contributed by atoms with van der Waals surface area (Å²) in [4.78, 5) is 18.3. The second kappa shape index (κ2) is 11.0. The van der Waals surface area contributed by atoms with E-state index in [2.05, 4.69) is 38.1 Å². The van der Waals surface area contributed by atoms with Gasteiger partial charge in [0.2, 0.25) is 0 Å². The monoisotopic (exact) mass is 387 g/mol. The van der Waals surface area contributed by atoms with Crippen LogP contribution in [0.4, 0.5) is 0 Å². The highest BCUT2D eigenvalue weighted by Crippen LogP contribution is 2.26. The normalized spacial score (nSPS) is 10.2. The Labute approximate surface area is 173 Å². The minimum Gasteiger partial charge on any atom is -0.285 e. The number of hydrogen-bond donors (Lipinski definition) is 0.